The molecule has 3 aromatic heterocycles. The van der Waals surface area contributed by atoms with Crippen LogP contribution in [-0.2, 0) is 20.1 Å². The zero-order valence-corrected chi connectivity index (χ0v) is 18.5. The van der Waals surface area contributed by atoms with Crippen LogP contribution in [0.4, 0.5) is 5.95 Å². The van der Waals surface area contributed by atoms with Gasteiger partial charge in [-0.05, 0) is 31.9 Å². The van der Waals surface area contributed by atoms with E-state index < -0.39 is 16.9 Å². The molecule has 1 atom stereocenters. The quantitative estimate of drug-likeness (QED) is 0.471. The number of benzene rings is 1. The van der Waals surface area contributed by atoms with E-state index in [9.17, 15) is 14.4 Å². The van der Waals surface area contributed by atoms with Crippen molar-refractivity contribution in [1.29, 1.82) is 0 Å². The second-order valence-corrected chi connectivity index (χ2v) is 8.33. The first kappa shape index (κ1) is 21.1. The molecule has 1 aromatic carbocycles. The Labute approximate surface area is 187 Å². The first-order valence-corrected chi connectivity index (χ1v) is 11.0. The van der Waals surface area contributed by atoms with Gasteiger partial charge in [-0.25, -0.2) is 14.6 Å². The van der Waals surface area contributed by atoms with Gasteiger partial charge in [0, 0.05) is 32.7 Å². The fraction of sp³-hybridized carbons (Fsp3) is 0.409. The zero-order valence-electron chi connectivity index (χ0n) is 18.5. The number of hydrogen-bond donors (Lipinski definition) is 1. The third kappa shape index (κ3) is 3.44. The van der Waals surface area contributed by atoms with Gasteiger partial charge in [0.2, 0.25) is 5.95 Å². The molecular formula is C22H25N7O4. The number of imidazole rings is 1. The second-order valence-electron chi connectivity index (χ2n) is 8.33. The van der Waals surface area contributed by atoms with Crippen LogP contribution in [-0.4, -0.2) is 42.8 Å². The summed E-state index contributed by atoms with van der Waals surface area (Å²) in [5.41, 5.74) is 5.77. The molecule has 1 unspecified atom stereocenters. The van der Waals surface area contributed by atoms with E-state index in [0.29, 0.717) is 41.3 Å². The predicted molar refractivity (Wildman–Crippen MR) is 124 cm³/mol. The second kappa shape index (κ2) is 8.00. The van der Waals surface area contributed by atoms with Crippen molar-refractivity contribution in [3.8, 4) is 0 Å². The summed E-state index contributed by atoms with van der Waals surface area (Å²) in [6.07, 6.45) is 1.87. The number of fused-ring (bicyclic) bond motifs is 2. The van der Waals surface area contributed by atoms with Crippen LogP contribution in [0.15, 0.2) is 43.1 Å². The van der Waals surface area contributed by atoms with Crippen LogP contribution >= 0.6 is 0 Å². The number of para-hydroxylation sites is 2. The highest BCUT2D eigenvalue weighted by Crippen LogP contribution is 2.22. The first-order chi connectivity index (χ1) is 15.9. The summed E-state index contributed by atoms with van der Waals surface area (Å²) in [6.45, 7) is 3.52. The Hall–Kier alpha value is -3.73. The van der Waals surface area contributed by atoms with Crippen molar-refractivity contribution in [2.75, 3.05) is 18.0 Å². The number of aromatic nitrogens is 5. The molecule has 33 heavy (non-hydrogen) atoms. The normalized spacial score (nSPS) is 16.7. The van der Waals surface area contributed by atoms with Crippen molar-refractivity contribution in [2.45, 2.75) is 38.9 Å². The molecule has 1 aliphatic heterocycles. The van der Waals surface area contributed by atoms with Crippen molar-refractivity contribution in [1.82, 2.24) is 23.7 Å². The lowest BCUT2D eigenvalue weighted by molar-refractivity contribution is 0.494. The van der Waals surface area contributed by atoms with E-state index in [-0.39, 0.29) is 18.3 Å². The van der Waals surface area contributed by atoms with E-state index >= 15 is 0 Å². The topological polar surface area (TPSA) is 134 Å². The summed E-state index contributed by atoms with van der Waals surface area (Å²) >= 11 is 0. The minimum absolute atomic E-state index is 0.0166. The number of anilines is 1. The van der Waals surface area contributed by atoms with Crippen LogP contribution in [0.2, 0.25) is 0 Å². The summed E-state index contributed by atoms with van der Waals surface area (Å²) in [7, 11) is 1.57. The number of aryl methyl sites for hydroxylation is 2. The van der Waals surface area contributed by atoms with E-state index in [1.807, 2.05) is 11.5 Å². The lowest BCUT2D eigenvalue weighted by atomic mass is 10.1. The molecular weight excluding hydrogens is 426 g/mol. The molecule has 0 amide bonds. The minimum atomic E-state index is -0.685. The van der Waals surface area contributed by atoms with Gasteiger partial charge >= 0.3 is 11.3 Å². The Balaban J connectivity index is 1.68. The first-order valence-electron chi connectivity index (χ1n) is 11.0. The standard InChI is InChI=1S/C22H25N7O4/c1-3-28-17-18(25-21(28)27-10-6-7-13(23)11-27)26(2)22(32)29(19(17)30)12-15-20(31)33-16-9-5-4-8-14(16)24-15/h4-5,8-9,13H,3,6-7,10-12,23H2,1-2H3. The molecule has 1 saturated heterocycles. The zero-order chi connectivity index (χ0) is 23.3. The van der Waals surface area contributed by atoms with Crippen molar-refractivity contribution in [3.05, 3.63) is 61.2 Å². The van der Waals surface area contributed by atoms with Crippen LogP contribution in [0, 0.1) is 0 Å². The third-order valence-corrected chi connectivity index (χ3v) is 6.14. The van der Waals surface area contributed by atoms with Crippen LogP contribution in [0.25, 0.3) is 22.3 Å². The Morgan fingerprint density at radius 2 is 1.94 bits per heavy atom. The fourth-order valence-corrected chi connectivity index (χ4v) is 4.47. The lowest BCUT2D eigenvalue weighted by Gasteiger charge is -2.31. The Morgan fingerprint density at radius 1 is 1.15 bits per heavy atom. The maximum atomic E-state index is 13.5. The molecule has 0 spiro atoms. The van der Waals surface area contributed by atoms with Crippen molar-refractivity contribution < 1.29 is 4.42 Å². The maximum Gasteiger partial charge on any atom is 0.360 e. The molecule has 5 rings (SSSR count). The van der Waals surface area contributed by atoms with Gasteiger partial charge in [0.05, 0.1) is 6.54 Å². The average molecular weight is 451 g/mol. The summed E-state index contributed by atoms with van der Waals surface area (Å²) in [6, 6.07) is 6.87. The summed E-state index contributed by atoms with van der Waals surface area (Å²) in [4.78, 5) is 50.1. The molecule has 0 radical (unpaired) electrons. The Kier molecular flexibility index (Phi) is 5.12. The molecule has 0 saturated carbocycles. The van der Waals surface area contributed by atoms with Gasteiger partial charge < -0.3 is 19.6 Å². The van der Waals surface area contributed by atoms with E-state index in [1.54, 1.807) is 31.3 Å². The average Bonchev–Trinajstić information content (AvgIpc) is 3.20. The van der Waals surface area contributed by atoms with Crippen LogP contribution in [0.1, 0.15) is 25.5 Å². The van der Waals surface area contributed by atoms with Gasteiger partial charge in [-0.3, -0.25) is 13.9 Å². The molecule has 1 aliphatic rings. The van der Waals surface area contributed by atoms with Crippen molar-refractivity contribution in [3.63, 3.8) is 0 Å². The van der Waals surface area contributed by atoms with Gasteiger partial charge in [-0.15, -0.1) is 0 Å². The Morgan fingerprint density at radius 3 is 2.70 bits per heavy atom. The molecule has 172 valence electrons. The lowest BCUT2D eigenvalue weighted by Crippen LogP contribution is -2.44. The monoisotopic (exact) mass is 451 g/mol. The van der Waals surface area contributed by atoms with E-state index in [4.69, 9.17) is 10.2 Å². The smallest absolute Gasteiger partial charge is 0.360 e. The van der Waals surface area contributed by atoms with Crippen LogP contribution in [0.5, 0.6) is 0 Å². The molecule has 4 aromatic rings. The Bertz CT molecular complexity index is 1540. The number of nitrogens with two attached hydrogens (primary N) is 1. The predicted octanol–water partition coefficient (Wildman–Crippen LogP) is 0.394. The molecule has 2 N–H and O–H groups in total. The van der Waals surface area contributed by atoms with Crippen LogP contribution in [0.3, 0.4) is 0 Å². The number of hydrogen-bond acceptors (Lipinski definition) is 8. The number of nitrogens with zero attached hydrogens (tertiary/aromatic N) is 6. The molecule has 4 heterocycles. The summed E-state index contributed by atoms with van der Waals surface area (Å²) in [5, 5.41) is 0. The van der Waals surface area contributed by atoms with E-state index in [1.165, 1.54) is 4.57 Å². The fourth-order valence-electron chi connectivity index (χ4n) is 4.47. The van der Waals surface area contributed by atoms with Crippen LogP contribution < -0.4 is 27.5 Å². The highest BCUT2D eigenvalue weighted by Gasteiger charge is 2.26. The number of rotatable bonds is 4. The van der Waals surface area contributed by atoms with Gasteiger partial charge in [0.1, 0.15) is 11.2 Å². The molecule has 0 bridgehead atoms. The molecule has 1 fully saturated rings. The number of piperidine rings is 1. The maximum absolute atomic E-state index is 13.5. The third-order valence-electron chi connectivity index (χ3n) is 6.14. The molecule has 11 nitrogen and oxygen atoms in total. The largest absolute Gasteiger partial charge is 0.420 e. The highest BCUT2D eigenvalue weighted by atomic mass is 16.4. The van der Waals surface area contributed by atoms with Gasteiger partial charge in [0.25, 0.3) is 5.56 Å². The molecule has 11 heteroatoms. The van der Waals surface area contributed by atoms with Crippen molar-refractivity contribution >= 4 is 28.2 Å². The SMILES string of the molecule is CCn1c(N2CCCC(N)C2)nc2c1c(=O)n(Cc1nc3ccccc3oc1=O)c(=O)n2C. The molecule has 0 aliphatic carbocycles. The minimum Gasteiger partial charge on any atom is -0.420 e. The van der Waals surface area contributed by atoms with Gasteiger partial charge in [0.15, 0.2) is 16.7 Å². The summed E-state index contributed by atoms with van der Waals surface area (Å²) in [5.74, 6) is 0.621. The highest BCUT2D eigenvalue weighted by molar-refractivity contribution is 5.75. The van der Waals surface area contributed by atoms with Gasteiger partial charge in [-0.1, -0.05) is 12.1 Å². The van der Waals surface area contributed by atoms with Crippen molar-refractivity contribution in [2.24, 2.45) is 12.8 Å². The summed E-state index contributed by atoms with van der Waals surface area (Å²) < 4.78 is 9.47. The van der Waals surface area contributed by atoms with E-state index in [2.05, 4.69) is 14.9 Å². The van der Waals surface area contributed by atoms with Gasteiger partial charge in [-0.2, -0.15) is 4.98 Å². The van der Waals surface area contributed by atoms with E-state index in [0.717, 1.165) is 24.0 Å².